The second kappa shape index (κ2) is 8.01. The van der Waals surface area contributed by atoms with E-state index in [1.807, 2.05) is 62.4 Å². The maximum atomic E-state index is 12.6. The molecule has 5 nitrogen and oxygen atoms in total. The summed E-state index contributed by atoms with van der Waals surface area (Å²) in [5.41, 5.74) is 3.48. The van der Waals surface area contributed by atoms with Crippen LogP contribution in [0, 0.1) is 13.8 Å². The fraction of sp³-hybridized carbons (Fsp3) is 0.150. The third kappa shape index (κ3) is 4.40. The van der Waals surface area contributed by atoms with Crippen LogP contribution in [-0.4, -0.2) is 21.2 Å². The number of thioether (sulfide) groups is 1. The van der Waals surface area contributed by atoms with Crippen LogP contribution in [0.5, 0.6) is 0 Å². The Bertz CT molecular complexity index is 981. The summed E-state index contributed by atoms with van der Waals surface area (Å²) in [5.74, 6) is -0.0544. The molecule has 0 spiro atoms. The second-order valence-corrected chi connectivity index (χ2v) is 6.91. The topological polar surface area (TPSA) is 64.0 Å². The second-order valence-electron chi connectivity index (χ2n) is 5.95. The molecular formula is C20H19N3O2S. The maximum absolute atomic E-state index is 12.6. The zero-order valence-corrected chi connectivity index (χ0v) is 15.4. The summed E-state index contributed by atoms with van der Waals surface area (Å²) in [6.07, 6.45) is 3.20. The summed E-state index contributed by atoms with van der Waals surface area (Å²) in [5, 5.41) is 3.13. The normalized spacial score (nSPS) is 10.5. The highest BCUT2D eigenvalue weighted by Crippen LogP contribution is 2.14. The van der Waals surface area contributed by atoms with Gasteiger partial charge in [0, 0.05) is 23.8 Å². The van der Waals surface area contributed by atoms with E-state index in [9.17, 15) is 9.59 Å². The average Bonchev–Trinajstić information content (AvgIpc) is 2.62. The van der Waals surface area contributed by atoms with Crippen molar-refractivity contribution in [3.8, 4) is 5.69 Å². The molecule has 0 aliphatic carbocycles. The van der Waals surface area contributed by atoms with Gasteiger partial charge < -0.3 is 5.32 Å². The van der Waals surface area contributed by atoms with Crippen LogP contribution in [0.1, 0.15) is 11.1 Å². The Morgan fingerprint density at radius 2 is 1.88 bits per heavy atom. The van der Waals surface area contributed by atoms with E-state index in [1.54, 1.807) is 12.4 Å². The number of carbonyl (C=O) groups is 1. The number of hydrogen-bond donors (Lipinski definition) is 1. The number of nitrogens with zero attached hydrogens (tertiary/aromatic N) is 2. The van der Waals surface area contributed by atoms with E-state index in [0.717, 1.165) is 34.3 Å². The lowest BCUT2D eigenvalue weighted by Crippen LogP contribution is -2.22. The molecule has 0 atom stereocenters. The number of benzene rings is 2. The molecular weight excluding hydrogens is 346 g/mol. The molecule has 1 N–H and O–H groups in total. The van der Waals surface area contributed by atoms with Gasteiger partial charge in [-0.1, -0.05) is 41.6 Å². The highest BCUT2D eigenvalue weighted by molar-refractivity contribution is 7.99. The minimum absolute atomic E-state index is 0.119. The maximum Gasteiger partial charge on any atom is 0.287 e. The van der Waals surface area contributed by atoms with Gasteiger partial charge in [0.15, 0.2) is 5.03 Å². The van der Waals surface area contributed by atoms with Gasteiger partial charge in [-0.15, -0.1) is 0 Å². The number of rotatable bonds is 5. The molecule has 1 aromatic heterocycles. The smallest absolute Gasteiger partial charge is 0.287 e. The van der Waals surface area contributed by atoms with E-state index in [4.69, 9.17) is 0 Å². The standard InChI is InChI=1S/C20H19N3O2S/c1-14-6-8-17(9-7-14)23-11-10-21-19(20(23)25)26-13-18(24)22-16-5-3-4-15(2)12-16/h3-12H,13H2,1-2H3,(H,22,24). The Balaban J connectivity index is 1.70. The van der Waals surface area contributed by atoms with E-state index in [2.05, 4.69) is 10.3 Å². The van der Waals surface area contributed by atoms with Crippen LogP contribution in [0.2, 0.25) is 0 Å². The lowest BCUT2D eigenvalue weighted by molar-refractivity contribution is -0.113. The SMILES string of the molecule is Cc1ccc(-n2ccnc(SCC(=O)Nc3cccc(C)c3)c2=O)cc1. The molecule has 132 valence electrons. The molecule has 0 fully saturated rings. The fourth-order valence-electron chi connectivity index (χ4n) is 2.46. The van der Waals surface area contributed by atoms with Crippen molar-refractivity contribution in [3.05, 3.63) is 82.4 Å². The molecule has 2 aromatic carbocycles. The predicted molar refractivity (Wildman–Crippen MR) is 105 cm³/mol. The molecule has 0 aliphatic heterocycles. The lowest BCUT2D eigenvalue weighted by Gasteiger charge is -2.08. The van der Waals surface area contributed by atoms with Crippen LogP contribution in [-0.2, 0) is 4.79 Å². The van der Waals surface area contributed by atoms with Gasteiger partial charge in [-0.25, -0.2) is 4.98 Å². The zero-order valence-electron chi connectivity index (χ0n) is 14.6. The fourth-order valence-corrected chi connectivity index (χ4v) is 3.15. The van der Waals surface area contributed by atoms with Crippen molar-refractivity contribution in [2.24, 2.45) is 0 Å². The first kappa shape index (κ1) is 17.9. The molecule has 6 heteroatoms. The van der Waals surface area contributed by atoms with Crippen LogP contribution in [0.4, 0.5) is 5.69 Å². The van der Waals surface area contributed by atoms with Gasteiger partial charge in [0.1, 0.15) is 0 Å². The van der Waals surface area contributed by atoms with Crippen molar-refractivity contribution in [3.63, 3.8) is 0 Å². The van der Waals surface area contributed by atoms with Gasteiger partial charge in [0.05, 0.1) is 5.75 Å². The summed E-state index contributed by atoms with van der Waals surface area (Å²) in [4.78, 5) is 28.9. The third-order valence-corrected chi connectivity index (χ3v) is 4.72. The van der Waals surface area contributed by atoms with E-state index in [1.165, 1.54) is 4.57 Å². The minimum atomic E-state index is -0.232. The number of nitrogens with one attached hydrogen (secondary N) is 1. The number of aromatic nitrogens is 2. The first-order valence-electron chi connectivity index (χ1n) is 8.17. The van der Waals surface area contributed by atoms with Gasteiger partial charge >= 0.3 is 0 Å². The van der Waals surface area contributed by atoms with Gasteiger partial charge in [-0.2, -0.15) is 0 Å². The highest BCUT2D eigenvalue weighted by Gasteiger charge is 2.10. The Hall–Kier alpha value is -2.86. The summed E-state index contributed by atoms with van der Waals surface area (Å²) < 4.78 is 1.53. The number of amides is 1. The van der Waals surface area contributed by atoms with Crippen molar-refractivity contribution < 1.29 is 4.79 Å². The molecule has 0 radical (unpaired) electrons. The van der Waals surface area contributed by atoms with E-state index < -0.39 is 0 Å². The van der Waals surface area contributed by atoms with Crippen LogP contribution in [0.15, 0.2) is 70.7 Å². The number of hydrogen-bond acceptors (Lipinski definition) is 4. The number of carbonyl (C=O) groups excluding carboxylic acids is 1. The van der Waals surface area contributed by atoms with Gasteiger partial charge in [-0.05, 0) is 43.7 Å². The largest absolute Gasteiger partial charge is 0.325 e. The van der Waals surface area contributed by atoms with Gasteiger partial charge in [-0.3, -0.25) is 14.2 Å². The molecule has 1 amide bonds. The molecule has 1 heterocycles. The molecule has 26 heavy (non-hydrogen) atoms. The Morgan fingerprint density at radius 3 is 2.62 bits per heavy atom. The first-order valence-corrected chi connectivity index (χ1v) is 9.15. The molecule has 0 aliphatic rings. The lowest BCUT2D eigenvalue weighted by atomic mass is 10.2. The zero-order chi connectivity index (χ0) is 18.5. The number of anilines is 1. The molecule has 3 aromatic rings. The quantitative estimate of drug-likeness (QED) is 0.702. The van der Waals surface area contributed by atoms with Crippen LogP contribution >= 0.6 is 11.8 Å². The monoisotopic (exact) mass is 365 g/mol. The van der Waals surface area contributed by atoms with E-state index in [-0.39, 0.29) is 17.2 Å². The van der Waals surface area contributed by atoms with Crippen LogP contribution in [0.25, 0.3) is 5.69 Å². The molecule has 3 rings (SSSR count). The van der Waals surface area contributed by atoms with Crippen molar-refractivity contribution in [1.82, 2.24) is 9.55 Å². The van der Waals surface area contributed by atoms with Crippen LogP contribution in [0.3, 0.4) is 0 Å². The van der Waals surface area contributed by atoms with Gasteiger partial charge in [0.2, 0.25) is 5.91 Å². The molecule has 0 saturated heterocycles. The Labute approximate surface area is 156 Å². The van der Waals surface area contributed by atoms with Crippen molar-refractivity contribution in [1.29, 1.82) is 0 Å². The van der Waals surface area contributed by atoms with Gasteiger partial charge in [0.25, 0.3) is 5.56 Å². The molecule has 0 bridgehead atoms. The summed E-state index contributed by atoms with van der Waals surface area (Å²) in [6, 6.07) is 15.2. The van der Waals surface area contributed by atoms with Crippen molar-refractivity contribution in [2.45, 2.75) is 18.9 Å². The highest BCUT2D eigenvalue weighted by atomic mass is 32.2. The van der Waals surface area contributed by atoms with Crippen molar-refractivity contribution in [2.75, 3.05) is 11.1 Å². The number of aryl methyl sites for hydroxylation is 2. The average molecular weight is 365 g/mol. The molecule has 0 unspecified atom stereocenters. The predicted octanol–water partition coefficient (Wildman–Crippen LogP) is 3.58. The molecule has 0 saturated carbocycles. The summed E-state index contributed by atoms with van der Waals surface area (Å²) in [7, 11) is 0. The summed E-state index contributed by atoms with van der Waals surface area (Å²) >= 11 is 1.13. The Kier molecular flexibility index (Phi) is 5.53. The van der Waals surface area contributed by atoms with Crippen molar-refractivity contribution >= 4 is 23.4 Å². The van der Waals surface area contributed by atoms with E-state index >= 15 is 0 Å². The van der Waals surface area contributed by atoms with E-state index in [0.29, 0.717) is 5.03 Å². The third-order valence-electron chi connectivity index (χ3n) is 3.76. The van der Waals surface area contributed by atoms with Crippen LogP contribution < -0.4 is 10.9 Å². The minimum Gasteiger partial charge on any atom is -0.325 e. The summed E-state index contributed by atoms with van der Waals surface area (Å²) in [6.45, 7) is 3.96. The Morgan fingerprint density at radius 1 is 1.12 bits per heavy atom. The first-order chi connectivity index (χ1) is 12.5.